The summed E-state index contributed by atoms with van der Waals surface area (Å²) in [6.45, 7) is 1.89. The van der Waals surface area contributed by atoms with Crippen LogP contribution in [0.4, 0.5) is 0 Å². The van der Waals surface area contributed by atoms with Crippen LogP contribution in [0, 0.1) is 0 Å². The monoisotopic (exact) mass is 399 g/mol. The number of carbonyl (C=O) groups is 2. The molecule has 138 valence electrons. The topological polar surface area (TPSA) is 66.8 Å². The van der Waals surface area contributed by atoms with Crippen molar-refractivity contribution < 1.29 is 19.4 Å². The average Bonchev–Trinajstić information content (AvgIpc) is 2.94. The van der Waals surface area contributed by atoms with Gasteiger partial charge in [-0.05, 0) is 36.3 Å². The first-order valence-electron chi connectivity index (χ1n) is 8.22. The number of aliphatic carboxylic acids is 1. The number of thioether (sulfide) groups is 1. The molecule has 1 aliphatic heterocycles. The van der Waals surface area contributed by atoms with E-state index in [0.29, 0.717) is 17.3 Å². The van der Waals surface area contributed by atoms with Crippen LogP contribution >= 0.6 is 24.0 Å². The summed E-state index contributed by atoms with van der Waals surface area (Å²) >= 11 is 6.27. The Morgan fingerprint density at radius 2 is 2.00 bits per heavy atom. The number of carboxylic acid groups (broad SMARTS) is 1. The van der Waals surface area contributed by atoms with Crippen LogP contribution < -0.4 is 4.74 Å². The van der Waals surface area contributed by atoms with E-state index in [-0.39, 0.29) is 4.32 Å². The van der Waals surface area contributed by atoms with E-state index in [9.17, 15) is 9.59 Å². The number of amides is 1. The van der Waals surface area contributed by atoms with Crippen LogP contribution in [0.2, 0.25) is 0 Å². The van der Waals surface area contributed by atoms with Crippen molar-refractivity contribution in [3.8, 4) is 5.75 Å². The molecule has 1 fully saturated rings. The Morgan fingerprint density at radius 3 is 2.70 bits per heavy atom. The molecule has 0 aromatic heterocycles. The summed E-state index contributed by atoms with van der Waals surface area (Å²) in [7, 11) is 0. The van der Waals surface area contributed by atoms with E-state index in [2.05, 4.69) is 0 Å². The summed E-state index contributed by atoms with van der Waals surface area (Å²) in [5.41, 5.74) is 1.84. The fraction of sp³-hybridized carbons (Fsp3) is 0.150. The van der Waals surface area contributed by atoms with Gasteiger partial charge < -0.3 is 9.84 Å². The maximum Gasteiger partial charge on any atom is 0.326 e. The van der Waals surface area contributed by atoms with Crippen molar-refractivity contribution in [2.45, 2.75) is 19.6 Å². The van der Waals surface area contributed by atoms with Gasteiger partial charge in [-0.15, -0.1) is 0 Å². The van der Waals surface area contributed by atoms with Crippen LogP contribution in [0.5, 0.6) is 5.75 Å². The second-order valence-corrected chi connectivity index (χ2v) is 7.59. The lowest BCUT2D eigenvalue weighted by molar-refractivity contribution is -0.144. The first kappa shape index (κ1) is 19.1. The summed E-state index contributed by atoms with van der Waals surface area (Å²) in [4.78, 5) is 25.2. The molecule has 1 aliphatic rings. The van der Waals surface area contributed by atoms with E-state index < -0.39 is 17.9 Å². The van der Waals surface area contributed by atoms with Gasteiger partial charge in [-0.2, -0.15) is 0 Å². The molecular formula is C20H17NO4S2. The van der Waals surface area contributed by atoms with E-state index in [1.165, 1.54) is 6.92 Å². The third kappa shape index (κ3) is 4.56. The van der Waals surface area contributed by atoms with Gasteiger partial charge in [0.15, 0.2) is 0 Å². The van der Waals surface area contributed by atoms with E-state index >= 15 is 0 Å². The van der Waals surface area contributed by atoms with Crippen LogP contribution in [0.15, 0.2) is 59.5 Å². The number of rotatable bonds is 6. The maximum atomic E-state index is 12.5. The number of hydrogen-bond donors (Lipinski definition) is 1. The molecule has 0 aliphatic carbocycles. The summed E-state index contributed by atoms with van der Waals surface area (Å²) in [6.07, 6.45) is 1.70. The van der Waals surface area contributed by atoms with Crippen LogP contribution in [-0.2, 0) is 16.2 Å². The Hall–Kier alpha value is -2.64. The number of carboxylic acids is 1. The molecule has 2 aromatic carbocycles. The molecule has 1 atom stereocenters. The SMILES string of the molecule is CC(C(=O)O)N1C(=O)/C(=C/c2cccc(OCc3ccccc3)c2)SC1=S. The molecule has 1 saturated heterocycles. The van der Waals surface area contributed by atoms with Crippen molar-refractivity contribution in [3.05, 3.63) is 70.6 Å². The normalized spacial score (nSPS) is 16.6. The maximum absolute atomic E-state index is 12.5. The van der Waals surface area contributed by atoms with Gasteiger partial charge in [0.25, 0.3) is 5.91 Å². The number of benzene rings is 2. The molecular weight excluding hydrogens is 382 g/mol. The van der Waals surface area contributed by atoms with Crippen molar-refractivity contribution in [2.24, 2.45) is 0 Å². The average molecular weight is 399 g/mol. The second kappa shape index (κ2) is 8.37. The molecule has 5 nitrogen and oxygen atoms in total. The minimum Gasteiger partial charge on any atom is -0.489 e. The lowest BCUT2D eigenvalue weighted by atomic mass is 10.2. The number of carbonyl (C=O) groups excluding carboxylic acids is 1. The van der Waals surface area contributed by atoms with E-state index in [1.807, 2.05) is 54.6 Å². The number of nitrogens with zero attached hydrogens (tertiary/aromatic N) is 1. The van der Waals surface area contributed by atoms with Gasteiger partial charge in [0.1, 0.15) is 22.7 Å². The number of thiocarbonyl (C=S) groups is 1. The molecule has 0 bridgehead atoms. The predicted molar refractivity (Wildman–Crippen MR) is 109 cm³/mol. The van der Waals surface area contributed by atoms with Gasteiger partial charge in [0, 0.05) is 0 Å². The molecule has 1 heterocycles. The van der Waals surface area contributed by atoms with Crippen molar-refractivity contribution >= 4 is 46.3 Å². The van der Waals surface area contributed by atoms with Crippen LogP contribution in [0.1, 0.15) is 18.1 Å². The molecule has 1 unspecified atom stereocenters. The Labute approximate surface area is 166 Å². The summed E-state index contributed by atoms with van der Waals surface area (Å²) in [5.74, 6) is -0.804. The molecule has 0 saturated carbocycles. The van der Waals surface area contributed by atoms with E-state index in [0.717, 1.165) is 27.8 Å². The molecule has 3 rings (SSSR count). The van der Waals surface area contributed by atoms with Crippen LogP contribution in [0.3, 0.4) is 0 Å². The van der Waals surface area contributed by atoms with E-state index in [4.69, 9.17) is 22.1 Å². The Bertz CT molecular complexity index is 911. The van der Waals surface area contributed by atoms with Crippen molar-refractivity contribution in [2.75, 3.05) is 0 Å². The second-order valence-electron chi connectivity index (χ2n) is 5.91. The number of ether oxygens (including phenoxy) is 1. The zero-order valence-electron chi connectivity index (χ0n) is 14.5. The largest absolute Gasteiger partial charge is 0.489 e. The fourth-order valence-corrected chi connectivity index (χ4v) is 3.93. The lowest BCUT2D eigenvalue weighted by Crippen LogP contribution is -2.41. The van der Waals surface area contributed by atoms with Gasteiger partial charge in [0.2, 0.25) is 0 Å². The third-order valence-corrected chi connectivity index (χ3v) is 5.30. The lowest BCUT2D eigenvalue weighted by Gasteiger charge is -2.18. The first-order valence-corrected chi connectivity index (χ1v) is 9.45. The molecule has 2 aromatic rings. The minimum atomic E-state index is -1.09. The highest BCUT2D eigenvalue weighted by molar-refractivity contribution is 8.26. The quantitative estimate of drug-likeness (QED) is 0.586. The van der Waals surface area contributed by atoms with Gasteiger partial charge in [0.05, 0.1) is 4.91 Å². The fourth-order valence-electron chi connectivity index (χ4n) is 2.51. The third-order valence-electron chi connectivity index (χ3n) is 3.97. The number of hydrogen-bond acceptors (Lipinski definition) is 5. The van der Waals surface area contributed by atoms with Gasteiger partial charge in [-0.25, -0.2) is 4.79 Å². The van der Waals surface area contributed by atoms with E-state index in [1.54, 1.807) is 6.08 Å². The van der Waals surface area contributed by atoms with Crippen molar-refractivity contribution in [1.82, 2.24) is 4.90 Å². The minimum absolute atomic E-state index is 0.248. The van der Waals surface area contributed by atoms with Crippen LogP contribution in [-0.4, -0.2) is 32.2 Å². The molecule has 0 radical (unpaired) electrons. The smallest absolute Gasteiger partial charge is 0.326 e. The summed E-state index contributed by atoms with van der Waals surface area (Å²) < 4.78 is 6.05. The highest BCUT2D eigenvalue weighted by Crippen LogP contribution is 2.34. The summed E-state index contributed by atoms with van der Waals surface area (Å²) in [6, 6.07) is 16.2. The Kier molecular flexibility index (Phi) is 5.93. The summed E-state index contributed by atoms with van der Waals surface area (Å²) in [5, 5.41) is 9.14. The van der Waals surface area contributed by atoms with Gasteiger partial charge in [-0.3, -0.25) is 9.69 Å². The molecule has 7 heteroatoms. The van der Waals surface area contributed by atoms with Gasteiger partial charge >= 0.3 is 5.97 Å². The molecule has 1 N–H and O–H groups in total. The predicted octanol–water partition coefficient (Wildman–Crippen LogP) is 3.94. The zero-order chi connectivity index (χ0) is 19.4. The highest BCUT2D eigenvalue weighted by Gasteiger charge is 2.38. The van der Waals surface area contributed by atoms with Crippen molar-refractivity contribution in [1.29, 1.82) is 0 Å². The Balaban J connectivity index is 1.74. The van der Waals surface area contributed by atoms with Crippen LogP contribution in [0.25, 0.3) is 6.08 Å². The van der Waals surface area contributed by atoms with Crippen molar-refractivity contribution in [3.63, 3.8) is 0 Å². The standard InChI is InChI=1S/C20H17NO4S2/c1-13(19(23)24)21-18(22)17(27-20(21)26)11-15-8-5-9-16(10-15)25-12-14-6-3-2-4-7-14/h2-11,13H,12H2,1H3,(H,23,24)/b17-11-. The van der Waals surface area contributed by atoms with Gasteiger partial charge in [-0.1, -0.05) is 66.4 Å². The zero-order valence-corrected chi connectivity index (χ0v) is 16.1. The molecule has 27 heavy (non-hydrogen) atoms. The highest BCUT2D eigenvalue weighted by atomic mass is 32.2. The first-order chi connectivity index (χ1) is 13.0. The Morgan fingerprint density at radius 1 is 1.26 bits per heavy atom. The molecule has 1 amide bonds. The molecule has 0 spiro atoms.